The third kappa shape index (κ3) is 2.74. The van der Waals surface area contributed by atoms with Crippen molar-refractivity contribution in [2.75, 3.05) is 19.0 Å². The average molecular weight is 263 g/mol. The molecule has 0 radical (unpaired) electrons. The molecule has 0 saturated heterocycles. The predicted octanol–water partition coefficient (Wildman–Crippen LogP) is 3.11. The molecule has 1 unspecified atom stereocenters. The molecule has 0 aliphatic heterocycles. The molecule has 0 amide bonds. The molecule has 1 atom stereocenters. The molecule has 0 aliphatic carbocycles. The van der Waals surface area contributed by atoms with Crippen molar-refractivity contribution in [3.8, 4) is 0 Å². The van der Waals surface area contributed by atoms with Gasteiger partial charge in [0.05, 0.1) is 0 Å². The van der Waals surface area contributed by atoms with Crippen molar-refractivity contribution in [2.24, 2.45) is 0 Å². The molecule has 0 aromatic heterocycles. The van der Waals surface area contributed by atoms with Crippen molar-refractivity contribution in [3.05, 3.63) is 65.2 Å². The van der Waals surface area contributed by atoms with Crippen LogP contribution in [0, 0.1) is 11.6 Å². The lowest BCUT2D eigenvalue weighted by atomic mass is 10.0. The summed E-state index contributed by atoms with van der Waals surface area (Å²) in [5.41, 5.74) is 1.35. The van der Waals surface area contributed by atoms with Crippen molar-refractivity contribution in [3.63, 3.8) is 0 Å². The number of hydrogen-bond donors (Lipinski definition) is 1. The van der Waals surface area contributed by atoms with Crippen LogP contribution in [-0.2, 0) is 0 Å². The fourth-order valence-electron chi connectivity index (χ4n) is 1.88. The molecule has 0 saturated carbocycles. The number of anilines is 1. The van der Waals surface area contributed by atoms with Crippen molar-refractivity contribution in [2.45, 2.75) is 6.10 Å². The lowest BCUT2D eigenvalue weighted by Gasteiger charge is -2.17. The monoisotopic (exact) mass is 263 g/mol. The Bertz CT molecular complexity index is 584. The molecule has 0 heterocycles. The van der Waals surface area contributed by atoms with Crippen LogP contribution in [-0.4, -0.2) is 19.2 Å². The topological polar surface area (TPSA) is 23.5 Å². The first-order chi connectivity index (χ1) is 9.00. The first-order valence-corrected chi connectivity index (χ1v) is 5.90. The van der Waals surface area contributed by atoms with E-state index in [1.165, 1.54) is 12.1 Å². The van der Waals surface area contributed by atoms with Crippen LogP contribution in [0.25, 0.3) is 0 Å². The van der Waals surface area contributed by atoms with Crippen molar-refractivity contribution >= 4 is 5.69 Å². The molecule has 1 N–H and O–H groups in total. The molecule has 100 valence electrons. The number of nitrogens with zero attached hydrogens (tertiary/aromatic N) is 1. The second-order valence-electron chi connectivity index (χ2n) is 4.53. The predicted molar refractivity (Wildman–Crippen MR) is 71.2 cm³/mol. The van der Waals surface area contributed by atoms with Gasteiger partial charge in [-0.25, -0.2) is 8.78 Å². The van der Waals surface area contributed by atoms with E-state index in [-0.39, 0.29) is 5.56 Å². The van der Waals surface area contributed by atoms with Gasteiger partial charge in [-0.05, 0) is 23.8 Å². The number of hydrogen-bond acceptors (Lipinski definition) is 2. The highest BCUT2D eigenvalue weighted by molar-refractivity contribution is 5.49. The fourth-order valence-corrected chi connectivity index (χ4v) is 1.88. The summed E-state index contributed by atoms with van der Waals surface area (Å²) in [6, 6.07) is 10.9. The van der Waals surface area contributed by atoms with E-state index in [1.807, 2.05) is 25.1 Å². The lowest BCUT2D eigenvalue weighted by Crippen LogP contribution is -2.10. The average Bonchev–Trinajstić information content (AvgIpc) is 2.41. The summed E-state index contributed by atoms with van der Waals surface area (Å²) in [4.78, 5) is 1.87. The quantitative estimate of drug-likeness (QED) is 0.919. The first kappa shape index (κ1) is 13.5. The number of halogens is 2. The van der Waals surface area contributed by atoms with Gasteiger partial charge in [-0.15, -0.1) is 0 Å². The summed E-state index contributed by atoms with van der Waals surface area (Å²) in [7, 11) is 3.74. The summed E-state index contributed by atoms with van der Waals surface area (Å²) in [6.07, 6.45) is -1.18. The van der Waals surface area contributed by atoms with Crippen LogP contribution in [0.3, 0.4) is 0 Å². The van der Waals surface area contributed by atoms with E-state index in [2.05, 4.69) is 0 Å². The Labute approximate surface area is 110 Å². The second-order valence-corrected chi connectivity index (χ2v) is 4.53. The van der Waals surface area contributed by atoms with Crippen LogP contribution < -0.4 is 4.90 Å². The standard InChI is InChI=1S/C15H15F2NO/c1-18(2)11-6-3-5-10(9-11)15(19)12-7-4-8-13(16)14(12)17/h3-9,15,19H,1-2H3. The van der Waals surface area contributed by atoms with Gasteiger partial charge in [0, 0.05) is 25.3 Å². The lowest BCUT2D eigenvalue weighted by molar-refractivity contribution is 0.213. The van der Waals surface area contributed by atoms with Crippen LogP contribution in [0.15, 0.2) is 42.5 Å². The van der Waals surface area contributed by atoms with E-state index in [0.717, 1.165) is 11.8 Å². The van der Waals surface area contributed by atoms with Crippen molar-refractivity contribution in [1.82, 2.24) is 0 Å². The molecule has 0 spiro atoms. The molecule has 2 aromatic rings. The summed E-state index contributed by atoms with van der Waals surface area (Å²) in [5.74, 6) is -1.97. The zero-order valence-corrected chi connectivity index (χ0v) is 10.8. The molecule has 0 bridgehead atoms. The van der Waals surface area contributed by atoms with E-state index < -0.39 is 17.7 Å². The van der Waals surface area contributed by atoms with Crippen LogP contribution >= 0.6 is 0 Å². The maximum Gasteiger partial charge on any atom is 0.164 e. The Balaban J connectivity index is 2.41. The Morgan fingerprint density at radius 2 is 1.74 bits per heavy atom. The SMILES string of the molecule is CN(C)c1cccc(C(O)c2cccc(F)c2F)c1. The second kappa shape index (κ2) is 5.36. The van der Waals surface area contributed by atoms with Crippen molar-refractivity contribution < 1.29 is 13.9 Å². The maximum atomic E-state index is 13.7. The smallest absolute Gasteiger partial charge is 0.164 e. The van der Waals surface area contributed by atoms with E-state index in [9.17, 15) is 13.9 Å². The Kier molecular flexibility index (Phi) is 3.81. The molecular weight excluding hydrogens is 248 g/mol. The van der Waals surface area contributed by atoms with Gasteiger partial charge in [0.15, 0.2) is 11.6 Å². The number of aliphatic hydroxyl groups is 1. The van der Waals surface area contributed by atoms with Gasteiger partial charge in [-0.3, -0.25) is 0 Å². The number of aliphatic hydroxyl groups excluding tert-OH is 1. The Hall–Kier alpha value is -1.94. The third-order valence-electron chi connectivity index (χ3n) is 2.98. The minimum atomic E-state index is -1.18. The fraction of sp³-hybridized carbons (Fsp3) is 0.200. The molecule has 4 heteroatoms. The van der Waals surface area contributed by atoms with Gasteiger partial charge in [0.1, 0.15) is 6.10 Å². The normalized spacial score (nSPS) is 12.3. The number of rotatable bonds is 3. The maximum absolute atomic E-state index is 13.7. The minimum Gasteiger partial charge on any atom is -0.384 e. The Morgan fingerprint density at radius 1 is 1.05 bits per heavy atom. The van der Waals surface area contributed by atoms with Gasteiger partial charge in [-0.2, -0.15) is 0 Å². The molecule has 2 aromatic carbocycles. The molecule has 0 aliphatic rings. The van der Waals surface area contributed by atoms with Gasteiger partial charge in [0.2, 0.25) is 0 Å². The van der Waals surface area contributed by atoms with Crippen LogP contribution in [0.2, 0.25) is 0 Å². The molecular formula is C15H15F2NO. The third-order valence-corrected chi connectivity index (χ3v) is 2.98. The zero-order chi connectivity index (χ0) is 14.0. The molecule has 19 heavy (non-hydrogen) atoms. The highest BCUT2D eigenvalue weighted by Gasteiger charge is 2.17. The number of benzene rings is 2. The zero-order valence-electron chi connectivity index (χ0n) is 10.8. The first-order valence-electron chi connectivity index (χ1n) is 5.90. The molecule has 2 nitrogen and oxygen atoms in total. The van der Waals surface area contributed by atoms with Gasteiger partial charge in [0.25, 0.3) is 0 Å². The minimum absolute atomic E-state index is 0.0593. The summed E-state index contributed by atoms with van der Waals surface area (Å²) in [6.45, 7) is 0. The van der Waals surface area contributed by atoms with E-state index in [1.54, 1.807) is 18.2 Å². The largest absolute Gasteiger partial charge is 0.384 e. The molecule has 0 fully saturated rings. The Morgan fingerprint density at radius 3 is 2.42 bits per heavy atom. The van der Waals surface area contributed by atoms with E-state index in [0.29, 0.717) is 5.56 Å². The van der Waals surface area contributed by atoms with Gasteiger partial charge < -0.3 is 10.0 Å². The van der Waals surface area contributed by atoms with Crippen LogP contribution in [0.5, 0.6) is 0 Å². The summed E-state index contributed by atoms with van der Waals surface area (Å²) < 4.78 is 26.8. The van der Waals surface area contributed by atoms with Gasteiger partial charge >= 0.3 is 0 Å². The van der Waals surface area contributed by atoms with Crippen LogP contribution in [0.4, 0.5) is 14.5 Å². The van der Waals surface area contributed by atoms with Crippen LogP contribution in [0.1, 0.15) is 17.2 Å². The summed E-state index contributed by atoms with van der Waals surface area (Å²) >= 11 is 0. The molecule has 2 rings (SSSR count). The van der Waals surface area contributed by atoms with E-state index in [4.69, 9.17) is 0 Å². The van der Waals surface area contributed by atoms with Crippen molar-refractivity contribution in [1.29, 1.82) is 0 Å². The highest BCUT2D eigenvalue weighted by Crippen LogP contribution is 2.27. The van der Waals surface area contributed by atoms with E-state index >= 15 is 0 Å². The highest BCUT2D eigenvalue weighted by atomic mass is 19.2. The summed E-state index contributed by atoms with van der Waals surface area (Å²) in [5, 5.41) is 10.2. The van der Waals surface area contributed by atoms with Gasteiger partial charge in [-0.1, -0.05) is 24.3 Å².